The molecule has 2 rings (SSSR count). The first-order valence-corrected chi connectivity index (χ1v) is 8.80. The summed E-state index contributed by atoms with van der Waals surface area (Å²) in [6.45, 7) is 7.29. The molecule has 1 aliphatic heterocycles. The summed E-state index contributed by atoms with van der Waals surface area (Å²) in [5, 5.41) is 0. The third-order valence-corrected chi connectivity index (χ3v) is 4.28. The molecule has 0 radical (unpaired) electrons. The highest BCUT2D eigenvalue weighted by molar-refractivity contribution is 5.94. The summed E-state index contributed by atoms with van der Waals surface area (Å²) < 4.78 is 10.2. The van der Waals surface area contributed by atoms with E-state index in [1.165, 1.54) is 7.11 Å². The van der Waals surface area contributed by atoms with Gasteiger partial charge < -0.3 is 14.4 Å². The Bertz CT molecular complexity index is 602. The van der Waals surface area contributed by atoms with Gasteiger partial charge in [0.15, 0.2) is 0 Å². The number of nitrogens with zero attached hydrogens (tertiary/aromatic N) is 2. The summed E-state index contributed by atoms with van der Waals surface area (Å²) in [5.74, 6) is 0.678. The van der Waals surface area contributed by atoms with Crippen molar-refractivity contribution in [1.29, 1.82) is 0 Å². The highest BCUT2D eigenvalue weighted by Gasteiger charge is 2.25. The van der Waals surface area contributed by atoms with Crippen molar-refractivity contribution in [3.8, 4) is 0 Å². The lowest BCUT2D eigenvalue weighted by atomic mass is 9.92. The van der Waals surface area contributed by atoms with Gasteiger partial charge in [0.1, 0.15) is 17.0 Å². The quantitative estimate of drug-likeness (QED) is 0.761. The van der Waals surface area contributed by atoms with E-state index in [-0.39, 0.29) is 11.9 Å². The number of piperidine rings is 1. The zero-order valence-electron chi connectivity index (χ0n) is 15.6. The van der Waals surface area contributed by atoms with Gasteiger partial charge in [0, 0.05) is 25.7 Å². The molecule has 0 spiro atoms. The average Bonchev–Trinajstić information content (AvgIpc) is 2.58. The molecule has 1 fully saturated rings. The number of pyridine rings is 1. The smallest absolute Gasteiger partial charge is 0.341 e. The van der Waals surface area contributed by atoms with Gasteiger partial charge in [-0.1, -0.05) is 0 Å². The number of rotatable bonds is 5. The van der Waals surface area contributed by atoms with Gasteiger partial charge in [-0.3, -0.25) is 4.79 Å². The highest BCUT2D eigenvalue weighted by atomic mass is 16.6. The summed E-state index contributed by atoms with van der Waals surface area (Å²) >= 11 is 0. The fourth-order valence-corrected chi connectivity index (χ4v) is 3.07. The molecule has 1 aromatic rings. The molecule has 0 unspecified atom stereocenters. The standard InChI is InChI=1S/C19H28N2O4/c1-19(2,3)25-16(22)8-7-14-9-12-21(13-10-14)17-15(18(23)24-4)6-5-11-20-17/h5-6,11,14H,7-10,12-13H2,1-4H3. The molecule has 0 atom stereocenters. The fourth-order valence-electron chi connectivity index (χ4n) is 3.07. The summed E-state index contributed by atoms with van der Waals surface area (Å²) in [4.78, 5) is 30.2. The molecular formula is C19H28N2O4. The molecule has 0 amide bonds. The minimum absolute atomic E-state index is 0.132. The lowest BCUT2D eigenvalue weighted by molar-refractivity contribution is -0.155. The van der Waals surface area contributed by atoms with Crippen molar-refractivity contribution in [2.45, 2.75) is 52.1 Å². The van der Waals surface area contributed by atoms with Crippen LogP contribution in [0.1, 0.15) is 56.8 Å². The van der Waals surface area contributed by atoms with Crippen LogP contribution in [-0.2, 0) is 14.3 Å². The van der Waals surface area contributed by atoms with Crippen LogP contribution < -0.4 is 4.90 Å². The van der Waals surface area contributed by atoms with Crippen LogP contribution in [0.15, 0.2) is 18.3 Å². The maximum atomic E-state index is 11.9. The molecule has 1 aromatic heterocycles. The molecule has 138 valence electrons. The molecule has 0 aromatic carbocycles. The Labute approximate surface area is 149 Å². The van der Waals surface area contributed by atoms with Crippen LogP contribution in [0.5, 0.6) is 0 Å². The molecule has 1 aliphatic rings. The van der Waals surface area contributed by atoms with Crippen LogP contribution in [0.3, 0.4) is 0 Å². The molecule has 0 saturated carbocycles. The van der Waals surface area contributed by atoms with Crippen LogP contribution in [0.25, 0.3) is 0 Å². The normalized spacial score (nSPS) is 15.8. The number of carbonyl (C=O) groups excluding carboxylic acids is 2. The second kappa shape index (κ2) is 8.32. The first kappa shape index (κ1) is 19.2. The SMILES string of the molecule is COC(=O)c1cccnc1N1CCC(CCC(=O)OC(C)(C)C)CC1. The maximum absolute atomic E-state index is 11.9. The van der Waals surface area contributed by atoms with Gasteiger partial charge in [-0.05, 0) is 58.1 Å². The number of hydrogen-bond donors (Lipinski definition) is 0. The fraction of sp³-hybridized carbons (Fsp3) is 0.632. The Kier molecular flexibility index (Phi) is 6.39. The van der Waals surface area contributed by atoms with Crippen molar-refractivity contribution in [3.05, 3.63) is 23.9 Å². The number of anilines is 1. The number of hydrogen-bond acceptors (Lipinski definition) is 6. The van der Waals surface area contributed by atoms with Gasteiger partial charge in [0.05, 0.1) is 7.11 Å². The van der Waals surface area contributed by atoms with Crippen LogP contribution in [0.4, 0.5) is 5.82 Å². The van der Waals surface area contributed by atoms with E-state index in [4.69, 9.17) is 9.47 Å². The van der Waals surface area contributed by atoms with Gasteiger partial charge in [-0.25, -0.2) is 9.78 Å². The lowest BCUT2D eigenvalue weighted by Crippen LogP contribution is -2.35. The molecule has 0 N–H and O–H groups in total. The average molecular weight is 348 g/mol. The number of carbonyl (C=O) groups is 2. The highest BCUT2D eigenvalue weighted by Crippen LogP contribution is 2.27. The molecule has 2 heterocycles. The second-order valence-electron chi connectivity index (χ2n) is 7.42. The van der Waals surface area contributed by atoms with Crippen molar-refractivity contribution in [1.82, 2.24) is 4.98 Å². The van der Waals surface area contributed by atoms with Gasteiger partial charge >= 0.3 is 11.9 Å². The van der Waals surface area contributed by atoms with E-state index in [9.17, 15) is 9.59 Å². The zero-order valence-corrected chi connectivity index (χ0v) is 15.6. The van der Waals surface area contributed by atoms with Crippen LogP contribution in [-0.4, -0.2) is 42.7 Å². The number of esters is 2. The topological polar surface area (TPSA) is 68.7 Å². The van der Waals surface area contributed by atoms with E-state index in [0.717, 1.165) is 32.4 Å². The van der Waals surface area contributed by atoms with E-state index >= 15 is 0 Å². The molecule has 6 nitrogen and oxygen atoms in total. The summed E-state index contributed by atoms with van der Waals surface area (Å²) in [7, 11) is 1.38. The summed E-state index contributed by atoms with van der Waals surface area (Å²) in [5.41, 5.74) is 0.0705. The number of methoxy groups -OCH3 is 1. The third kappa shape index (κ3) is 5.73. The summed E-state index contributed by atoms with van der Waals surface area (Å²) in [6, 6.07) is 3.48. The Morgan fingerprint density at radius 2 is 1.96 bits per heavy atom. The predicted molar refractivity (Wildman–Crippen MR) is 95.6 cm³/mol. The first-order valence-electron chi connectivity index (χ1n) is 8.80. The summed E-state index contributed by atoms with van der Waals surface area (Å²) in [6.07, 6.45) is 4.93. The second-order valence-corrected chi connectivity index (χ2v) is 7.42. The van der Waals surface area contributed by atoms with Gasteiger partial charge in [-0.2, -0.15) is 0 Å². The zero-order chi connectivity index (χ0) is 18.4. The van der Waals surface area contributed by atoms with E-state index in [1.807, 2.05) is 20.8 Å². The van der Waals surface area contributed by atoms with Crippen molar-refractivity contribution >= 4 is 17.8 Å². The monoisotopic (exact) mass is 348 g/mol. The van der Waals surface area contributed by atoms with Gasteiger partial charge in [0.25, 0.3) is 0 Å². The molecule has 25 heavy (non-hydrogen) atoms. The molecule has 1 saturated heterocycles. The molecule has 0 bridgehead atoms. The Hall–Kier alpha value is -2.11. The van der Waals surface area contributed by atoms with Gasteiger partial charge in [0.2, 0.25) is 0 Å². The first-order chi connectivity index (χ1) is 11.8. The molecule has 0 aliphatic carbocycles. The Morgan fingerprint density at radius 1 is 1.28 bits per heavy atom. The molecule has 6 heteroatoms. The molecular weight excluding hydrogens is 320 g/mol. The maximum Gasteiger partial charge on any atom is 0.341 e. The Morgan fingerprint density at radius 3 is 2.56 bits per heavy atom. The van der Waals surface area contributed by atoms with E-state index < -0.39 is 5.60 Å². The van der Waals surface area contributed by atoms with Crippen LogP contribution >= 0.6 is 0 Å². The van der Waals surface area contributed by atoms with E-state index in [1.54, 1.807) is 18.3 Å². The van der Waals surface area contributed by atoms with E-state index in [0.29, 0.717) is 23.7 Å². The largest absolute Gasteiger partial charge is 0.465 e. The number of aromatic nitrogens is 1. The van der Waals surface area contributed by atoms with Crippen LogP contribution in [0.2, 0.25) is 0 Å². The van der Waals surface area contributed by atoms with Gasteiger partial charge in [-0.15, -0.1) is 0 Å². The number of ether oxygens (including phenoxy) is 2. The minimum atomic E-state index is -0.427. The predicted octanol–water partition coefficient (Wildman–Crippen LogP) is 3.21. The van der Waals surface area contributed by atoms with Crippen molar-refractivity contribution in [2.24, 2.45) is 5.92 Å². The Balaban J connectivity index is 1.86. The van der Waals surface area contributed by atoms with E-state index in [2.05, 4.69) is 9.88 Å². The van der Waals surface area contributed by atoms with Crippen LogP contribution in [0, 0.1) is 5.92 Å². The minimum Gasteiger partial charge on any atom is -0.465 e. The third-order valence-electron chi connectivity index (χ3n) is 4.28. The van der Waals surface area contributed by atoms with Crippen molar-refractivity contribution in [2.75, 3.05) is 25.1 Å². The lowest BCUT2D eigenvalue weighted by Gasteiger charge is -2.33. The van der Waals surface area contributed by atoms with Crippen molar-refractivity contribution < 1.29 is 19.1 Å². The van der Waals surface area contributed by atoms with Crippen molar-refractivity contribution in [3.63, 3.8) is 0 Å².